The van der Waals surface area contributed by atoms with Gasteiger partial charge in [0.1, 0.15) is 0 Å². The summed E-state index contributed by atoms with van der Waals surface area (Å²) in [6.07, 6.45) is 1.09. The molecule has 0 aliphatic rings. The zero-order chi connectivity index (χ0) is 14.6. The van der Waals surface area contributed by atoms with Gasteiger partial charge in [0.25, 0.3) is 0 Å². The number of halogens is 1. The van der Waals surface area contributed by atoms with E-state index in [1.165, 1.54) is 11.8 Å². The molecule has 0 atom stereocenters. The molecule has 118 valence electrons. The SMILES string of the molecule is CCCNCCNC(=O)CSCC(=O)c1ccccc1.Cl. The smallest absolute Gasteiger partial charge is 0.230 e. The minimum Gasteiger partial charge on any atom is -0.354 e. The lowest BCUT2D eigenvalue weighted by molar-refractivity contribution is -0.118. The van der Waals surface area contributed by atoms with Crippen LogP contribution in [0.5, 0.6) is 0 Å². The van der Waals surface area contributed by atoms with Crippen molar-refractivity contribution >= 4 is 35.9 Å². The van der Waals surface area contributed by atoms with E-state index >= 15 is 0 Å². The molecule has 0 bridgehead atoms. The highest BCUT2D eigenvalue weighted by molar-refractivity contribution is 8.00. The summed E-state index contributed by atoms with van der Waals surface area (Å²) in [5.74, 6) is 0.708. The minimum atomic E-state index is -0.0193. The van der Waals surface area contributed by atoms with E-state index in [0.29, 0.717) is 23.6 Å². The number of ketones is 1. The number of rotatable bonds is 10. The molecule has 0 heterocycles. The number of thioether (sulfide) groups is 1. The highest BCUT2D eigenvalue weighted by Gasteiger charge is 2.07. The van der Waals surface area contributed by atoms with Crippen molar-refractivity contribution in [1.82, 2.24) is 10.6 Å². The predicted molar refractivity (Wildman–Crippen MR) is 91.5 cm³/mol. The van der Waals surface area contributed by atoms with Crippen LogP contribution in [-0.4, -0.2) is 42.8 Å². The largest absolute Gasteiger partial charge is 0.354 e. The number of hydrogen-bond acceptors (Lipinski definition) is 4. The summed E-state index contributed by atoms with van der Waals surface area (Å²) in [6.45, 7) is 4.49. The van der Waals surface area contributed by atoms with Crippen LogP contribution in [0, 0.1) is 0 Å². The maximum atomic E-state index is 11.8. The van der Waals surface area contributed by atoms with Crippen molar-refractivity contribution in [3.8, 4) is 0 Å². The van der Waals surface area contributed by atoms with Crippen LogP contribution in [0.2, 0.25) is 0 Å². The van der Waals surface area contributed by atoms with Crippen molar-refractivity contribution < 1.29 is 9.59 Å². The van der Waals surface area contributed by atoms with Gasteiger partial charge in [-0.05, 0) is 13.0 Å². The van der Waals surface area contributed by atoms with Crippen molar-refractivity contribution in [3.63, 3.8) is 0 Å². The fourth-order valence-corrected chi connectivity index (χ4v) is 2.33. The third-order valence-electron chi connectivity index (χ3n) is 2.61. The Morgan fingerprint density at radius 2 is 1.76 bits per heavy atom. The topological polar surface area (TPSA) is 58.2 Å². The van der Waals surface area contributed by atoms with Crippen LogP contribution in [0.1, 0.15) is 23.7 Å². The molecule has 0 aliphatic heterocycles. The van der Waals surface area contributed by atoms with Crippen LogP contribution in [0.3, 0.4) is 0 Å². The van der Waals surface area contributed by atoms with Gasteiger partial charge in [0.15, 0.2) is 5.78 Å². The van der Waals surface area contributed by atoms with E-state index in [1.54, 1.807) is 12.1 Å². The first-order valence-corrected chi connectivity index (χ1v) is 8.03. The molecule has 0 saturated heterocycles. The lowest BCUT2D eigenvalue weighted by atomic mass is 10.2. The standard InChI is InChI=1S/C15H22N2O2S.ClH/c1-2-8-16-9-10-17-15(19)12-20-11-14(18)13-6-4-3-5-7-13;/h3-7,16H,2,8-12H2,1H3,(H,17,19);1H. The summed E-state index contributed by atoms with van der Waals surface area (Å²) >= 11 is 1.35. The molecular weight excluding hydrogens is 308 g/mol. The van der Waals surface area contributed by atoms with Crippen molar-refractivity contribution in [2.24, 2.45) is 0 Å². The third kappa shape index (κ3) is 9.50. The van der Waals surface area contributed by atoms with Gasteiger partial charge in [0, 0.05) is 18.7 Å². The highest BCUT2D eigenvalue weighted by atomic mass is 35.5. The minimum absolute atomic E-state index is 0. The fourth-order valence-electron chi connectivity index (χ4n) is 1.59. The van der Waals surface area contributed by atoms with Crippen LogP contribution in [0.25, 0.3) is 0 Å². The number of amides is 1. The Bertz CT molecular complexity index is 415. The Balaban J connectivity index is 0.00000400. The van der Waals surface area contributed by atoms with Gasteiger partial charge in [-0.15, -0.1) is 24.2 Å². The van der Waals surface area contributed by atoms with Crippen molar-refractivity contribution in [1.29, 1.82) is 0 Å². The normalized spacial score (nSPS) is 9.76. The molecule has 1 rings (SSSR count). The van der Waals surface area contributed by atoms with E-state index in [9.17, 15) is 9.59 Å². The maximum absolute atomic E-state index is 11.8. The first-order valence-electron chi connectivity index (χ1n) is 6.87. The van der Waals surface area contributed by atoms with Gasteiger partial charge >= 0.3 is 0 Å². The maximum Gasteiger partial charge on any atom is 0.230 e. The molecule has 2 N–H and O–H groups in total. The molecule has 0 spiro atoms. The molecular formula is C15H23ClN2O2S. The van der Waals surface area contributed by atoms with Gasteiger partial charge in [-0.3, -0.25) is 9.59 Å². The van der Waals surface area contributed by atoms with E-state index in [-0.39, 0.29) is 24.1 Å². The molecule has 0 aromatic heterocycles. The van der Waals surface area contributed by atoms with Crippen LogP contribution >= 0.6 is 24.2 Å². The summed E-state index contributed by atoms with van der Waals surface area (Å²) < 4.78 is 0. The molecule has 0 unspecified atom stereocenters. The Hall–Kier alpha value is -1.04. The second kappa shape index (κ2) is 12.7. The second-order valence-corrected chi connectivity index (χ2v) is 5.37. The number of carbonyl (C=O) groups is 2. The average molecular weight is 331 g/mol. The summed E-state index contributed by atoms with van der Waals surface area (Å²) in [5, 5.41) is 6.03. The van der Waals surface area contributed by atoms with E-state index in [1.807, 2.05) is 18.2 Å². The van der Waals surface area contributed by atoms with Gasteiger partial charge in [0.2, 0.25) is 5.91 Å². The van der Waals surface area contributed by atoms with Crippen molar-refractivity contribution in [3.05, 3.63) is 35.9 Å². The zero-order valence-corrected chi connectivity index (χ0v) is 13.9. The number of benzene rings is 1. The Morgan fingerprint density at radius 3 is 2.43 bits per heavy atom. The summed E-state index contributed by atoms with van der Waals surface area (Å²) in [5.41, 5.74) is 0.698. The van der Waals surface area contributed by atoms with Crippen LogP contribution in [0.4, 0.5) is 0 Å². The number of Topliss-reactive ketones (excluding diaryl/α,β-unsaturated/α-hetero) is 1. The molecule has 0 aliphatic carbocycles. The van der Waals surface area contributed by atoms with E-state index < -0.39 is 0 Å². The van der Waals surface area contributed by atoms with Crippen molar-refractivity contribution in [2.45, 2.75) is 13.3 Å². The van der Waals surface area contributed by atoms with E-state index in [2.05, 4.69) is 17.6 Å². The molecule has 1 aromatic carbocycles. The summed E-state index contributed by atoms with van der Waals surface area (Å²) in [7, 11) is 0. The average Bonchev–Trinajstić information content (AvgIpc) is 2.48. The van der Waals surface area contributed by atoms with Gasteiger partial charge in [-0.1, -0.05) is 37.3 Å². The van der Waals surface area contributed by atoms with Crippen LogP contribution in [0.15, 0.2) is 30.3 Å². The fraction of sp³-hybridized carbons (Fsp3) is 0.467. The molecule has 6 heteroatoms. The van der Waals surface area contributed by atoms with Crippen molar-refractivity contribution in [2.75, 3.05) is 31.1 Å². The summed E-state index contributed by atoms with van der Waals surface area (Å²) in [4.78, 5) is 23.3. The molecule has 0 radical (unpaired) electrons. The van der Waals surface area contributed by atoms with Gasteiger partial charge in [0.05, 0.1) is 11.5 Å². The first-order chi connectivity index (χ1) is 9.74. The summed E-state index contributed by atoms with van der Waals surface area (Å²) in [6, 6.07) is 9.15. The lowest BCUT2D eigenvalue weighted by Crippen LogP contribution is -2.33. The van der Waals surface area contributed by atoms with E-state index in [4.69, 9.17) is 0 Å². The molecule has 21 heavy (non-hydrogen) atoms. The Labute approximate surface area is 136 Å². The lowest BCUT2D eigenvalue weighted by Gasteiger charge is -2.06. The van der Waals surface area contributed by atoms with E-state index in [0.717, 1.165) is 19.5 Å². The monoisotopic (exact) mass is 330 g/mol. The molecule has 1 amide bonds. The van der Waals surface area contributed by atoms with Gasteiger partial charge < -0.3 is 10.6 Å². The molecule has 4 nitrogen and oxygen atoms in total. The predicted octanol–water partition coefficient (Wildman–Crippen LogP) is 2.14. The zero-order valence-electron chi connectivity index (χ0n) is 12.3. The van der Waals surface area contributed by atoms with Crippen LogP contribution < -0.4 is 10.6 Å². The Morgan fingerprint density at radius 1 is 1.05 bits per heavy atom. The second-order valence-electron chi connectivity index (χ2n) is 4.38. The van der Waals surface area contributed by atoms with Gasteiger partial charge in [-0.2, -0.15) is 0 Å². The first kappa shape index (κ1) is 20.0. The van der Waals surface area contributed by atoms with Crippen LogP contribution in [-0.2, 0) is 4.79 Å². The van der Waals surface area contributed by atoms with Gasteiger partial charge in [-0.25, -0.2) is 0 Å². The molecule has 0 saturated carbocycles. The number of nitrogens with one attached hydrogen (secondary N) is 2. The Kier molecular flexibility index (Phi) is 12.1. The number of hydrogen-bond donors (Lipinski definition) is 2. The third-order valence-corrected chi connectivity index (χ3v) is 3.55. The molecule has 1 aromatic rings. The highest BCUT2D eigenvalue weighted by Crippen LogP contribution is 2.06. The number of carbonyl (C=O) groups excluding carboxylic acids is 2. The molecule has 0 fully saturated rings. The quantitative estimate of drug-likeness (QED) is 0.510.